The van der Waals surface area contributed by atoms with Crippen LogP contribution in [-0.4, -0.2) is 37.5 Å². The van der Waals surface area contributed by atoms with Crippen LogP contribution in [0.5, 0.6) is 0 Å². The zero-order valence-corrected chi connectivity index (χ0v) is 16.6. The van der Waals surface area contributed by atoms with Crippen LogP contribution >= 0.6 is 23.4 Å². The fourth-order valence-corrected chi connectivity index (χ4v) is 3.80. The first-order valence-electron chi connectivity index (χ1n) is 8.69. The van der Waals surface area contributed by atoms with E-state index in [2.05, 4.69) is 22.3 Å². The predicted octanol–water partition coefficient (Wildman–Crippen LogP) is 4.60. The van der Waals surface area contributed by atoms with Crippen molar-refractivity contribution in [3.05, 3.63) is 53.1 Å². The standard InChI is InChI=1S/C20H23ClN2O2S/c1-14-13-17(23-9-11-25-12-10-23)5-8-19(14)22-20(24)15(2)26-18-6-3-16(21)4-7-18/h3-8,13,15H,9-12H2,1-2H3,(H,22,24). The van der Waals surface area contributed by atoms with Gasteiger partial charge in [-0.1, -0.05) is 11.6 Å². The van der Waals surface area contributed by atoms with Crippen LogP contribution in [0, 0.1) is 6.92 Å². The predicted molar refractivity (Wildman–Crippen MR) is 110 cm³/mol. The minimum Gasteiger partial charge on any atom is -0.378 e. The highest BCUT2D eigenvalue weighted by molar-refractivity contribution is 8.00. The summed E-state index contributed by atoms with van der Waals surface area (Å²) < 4.78 is 5.40. The highest BCUT2D eigenvalue weighted by Gasteiger charge is 2.17. The minimum atomic E-state index is -0.200. The number of thioether (sulfide) groups is 1. The molecule has 6 heteroatoms. The number of aryl methyl sites for hydroxylation is 1. The molecule has 0 bridgehead atoms. The third-order valence-electron chi connectivity index (χ3n) is 4.34. The largest absolute Gasteiger partial charge is 0.378 e. The maximum absolute atomic E-state index is 12.5. The van der Waals surface area contributed by atoms with Crippen LogP contribution in [-0.2, 0) is 9.53 Å². The fourth-order valence-electron chi connectivity index (χ4n) is 2.81. The van der Waals surface area contributed by atoms with Crippen LogP contribution in [0.2, 0.25) is 5.02 Å². The molecule has 0 radical (unpaired) electrons. The Morgan fingerprint density at radius 2 is 1.88 bits per heavy atom. The van der Waals surface area contributed by atoms with Crippen molar-refractivity contribution < 1.29 is 9.53 Å². The molecule has 4 nitrogen and oxygen atoms in total. The average Bonchev–Trinajstić information content (AvgIpc) is 2.66. The van der Waals surface area contributed by atoms with Crippen LogP contribution in [0.1, 0.15) is 12.5 Å². The lowest BCUT2D eigenvalue weighted by molar-refractivity contribution is -0.115. The topological polar surface area (TPSA) is 41.6 Å². The second-order valence-electron chi connectivity index (χ2n) is 6.30. The second kappa shape index (κ2) is 8.80. The van der Waals surface area contributed by atoms with E-state index in [4.69, 9.17) is 16.3 Å². The first kappa shape index (κ1) is 19.1. The number of nitrogens with zero attached hydrogens (tertiary/aromatic N) is 1. The second-order valence-corrected chi connectivity index (χ2v) is 8.15. The molecule has 1 heterocycles. The van der Waals surface area contributed by atoms with Crippen LogP contribution in [0.4, 0.5) is 11.4 Å². The Balaban J connectivity index is 1.62. The lowest BCUT2D eigenvalue weighted by Gasteiger charge is -2.29. The molecule has 0 aliphatic carbocycles. The number of ether oxygens (including phenoxy) is 1. The first-order valence-corrected chi connectivity index (χ1v) is 9.95. The van der Waals surface area contributed by atoms with Crippen molar-refractivity contribution in [2.24, 2.45) is 0 Å². The van der Waals surface area contributed by atoms with Crippen molar-refractivity contribution in [2.75, 3.05) is 36.5 Å². The molecule has 1 atom stereocenters. The number of carbonyl (C=O) groups excluding carboxylic acids is 1. The van der Waals surface area contributed by atoms with Gasteiger partial charge in [0.1, 0.15) is 0 Å². The lowest BCUT2D eigenvalue weighted by Crippen LogP contribution is -2.36. The maximum atomic E-state index is 12.5. The van der Waals surface area contributed by atoms with E-state index in [1.165, 1.54) is 17.4 Å². The normalized spacial score (nSPS) is 15.6. The highest BCUT2D eigenvalue weighted by Crippen LogP contribution is 2.27. The van der Waals surface area contributed by atoms with Gasteiger partial charge in [0, 0.05) is 34.4 Å². The number of hydrogen-bond acceptors (Lipinski definition) is 4. The summed E-state index contributed by atoms with van der Waals surface area (Å²) in [7, 11) is 0. The molecular formula is C20H23ClN2O2S. The van der Waals surface area contributed by atoms with Gasteiger partial charge in [-0.3, -0.25) is 4.79 Å². The Bertz CT molecular complexity index is 761. The summed E-state index contributed by atoms with van der Waals surface area (Å²) in [6.07, 6.45) is 0. The summed E-state index contributed by atoms with van der Waals surface area (Å²) in [6, 6.07) is 13.7. The van der Waals surface area contributed by atoms with E-state index in [0.29, 0.717) is 5.02 Å². The first-order chi connectivity index (χ1) is 12.5. The fraction of sp³-hybridized carbons (Fsp3) is 0.350. The molecule has 0 spiro atoms. The molecule has 1 saturated heterocycles. The number of nitrogens with one attached hydrogen (secondary N) is 1. The van der Waals surface area contributed by atoms with Gasteiger partial charge in [0.2, 0.25) is 5.91 Å². The van der Waals surface area contributed by atoms with Crippen molar-refractivity contribution in [2.45, 2.75) is 24.0 Å². The number of benzene rings is 2. The van der Waals surface area contributed by atoms with E-state index in [1.807, 2.05) is 44.2 Å². The van der Waals surface area contributed by atoms with Crippen molar-refractivity contribution >= 4 is 40.6 Å². The van der Waals surface area contributed by atoms with Gasteiger partial charge >= 0.3 is 0 Å². The zero-order valence-electron chi connectivity index (χ0n) is 15.0. The molecule has 1 N–H and O–H groups in total. The van der Waals surface area contributed by atoms with Gasteiger partial charge in [-0.05, 0) is 61.9 Å². The van der Waals surface area contributed by atoms with Gasteiger partial charge in [-0.15, -0.1) is 11.8 Å². The lowest BCUT2D eigenvalue weighted by atomic mass is 10.1. The van der Waals surface area contributed by atoms with E-state index in [1.54, 1.807) is 0 Å². The van der Waals surface area contributed by atoms with Crippen molar-refractivity contribution in [3.8, 4) is 0 Å². The van der Waals surface area contributed by atoms with Crippen molar-refractivity contribution in [1.82, 2.24) is 0 Å². The van der Waals surface area contributed by atoms with E-state index >= 15 is 0 Å². The highest BCUT2D eigenvalue weighted by atomic mass is 35.5. The Kier molecular flexibility index (Phi) is 6.46. The van der Waals surface area contributed by atoms with E-state index in [-0.39, 0.29) is 11.2 Å². The van der Waals surface area contributed by atoms with Gasteiger partial charge in [0.05, 0.1) is 18.5 Å². The van der Waals surface area contributed by atoms with Crippen LogP contribution in [0.15, 0.2) is 47.4 Å². The summed E-state index contributed by atoms with van der Waals surface area (Å²) in [5, 5.41) is 3.54. The van der Waals surface area contributed by atoms with Crippen LogP contribution < -0.4 is 10.2 Å². The number of amides is 1. The van der Waals surface area contributed by atoms with Crippen LogP contribution in [0.25, 0.3) is 0 Å². The van der Waals surface area contributed by atoms with Crippen LogP contribution in [0.3, 0.4) is 0 Å². The Labute approximate surface area is 163 Å². The third kappa shape index (κ3) is 4.93. The van der Waals surface area contributed by atoms with Gasteiger partial charge < -0.3 is 15.0 Å². The third-order valence-corrected chi connectivity index (χ3v) is 5.70. The van der Waals surface area contributed by atoms with Crippen molar-refractivity contribution in [3.63, 3.8) is 0 Å². The summed E-state index contributed by atoms with van der Waals surface area (Å²) in [4.78, 5) is 15.9. The van der Waals surface area contributed by atoms with Crippen molar-refractivity contribution in [1.29, 1.82) is 0 Å². The summed E-state index contributed by atoms with van der Waals surface area (Å²) in [5.41, 5.74) is 3.09. The molecule has 1 fully saturated rings. The molecule has 1 aliphatic rings. The molecule has 0 aromatic heterocycles. The Hall–Kier alpha value is -1.69. The minimum absolute atomic E-state index is 0.00725. The smallest absolute Gasteiger partial charge is 0.237 e. The quantitative estimate of drug-likeness (QED) is 0.757. The Morgan fingerprint density at radius 3 is 2.54 bits per heavy atom. The monoisotopic (exact) mass is 390 g/mol. The molecular weight excluding hydrogens is 368 g/mol. The van der Waals surface area contributed by atoms with E-state index < -0.39 is 0 Å². The van der Waals surface area contributed by atoms with Gasteiger partial charge in [-0.25, -0.2) is 0 Å². The van der Waals surface area contributed by atoms with Gasteiger partial charge in [0.25, 0.3) is 0 Å². The number of anilines is 2. The Morgan fingerprint density at radius 1 is 1.19 bits per heavy atom. The number of hydrogen-bond donors (Lipinski definition) is 1. The number of morpholine rings is 1. The zero-order chi connectivity index (χ0) is 18.5. The summed E-state index contributed by atoms with van der Waals surface area (Å²) in [6.45, 7) is 7.26. The number of rotatable bonds is 5. The molecule has 1 unspecified atom stereocenters. The van der Waals surface area contributed by atoms with Gasteiger partial charge in [0.15, 0.2) is 0 Å². The number of carbonyl (C=O) groups is 1. The SMILES string of the molecule is Cc1cc(N2CCOCC2)ccc1NC(=O)C(C)Sc1ccc(Cl)cc1. The van der Waals surface area contributed by atoms with E-state index in [9.17, 15) is 4.79 Å². The molecule has 26 heavy (non-hydrogen) atoms. The maximum Gasteiger partial charge on any atom is 0.237 e. The van der Waals surface area contributed by atoms with Gasteiger partial charge in [-0.2, -0.15) is 0 Å². The molecule has 1 aliphatic heterocycles. The molecule has 0 saturated carbocycles. The summed E-state index contributed by atoms with van der Waals surface area (Å²) in [5.74, 6) is -0.00725. The van der Waals surface area contributed by atoms with E-state index in [0.717, 1.165) is 42.4 Å². The summed E-state index contributed by atoms with van der Waals surface area (Å²) >= 11 is 7.42. The molecule has 1 amide bonds. The molecule has 3 rings (SSSR count). The molecule has 138 valence electrons. The average molecular weight is 391 g/mol. The molecule has 2 aromatic carbocycles. The molecule has 2 aromatic rings. The number of halogens is 1.